The van der Waals surface area contributed by atoms with Crippen LogP contribution in [0.4, 0.5) is 0 Å². The molecule has 0 unspecified atom stereocenters. The molecule has 2 fully saturated rings. The van der Waals surface area contributed by atoms with Crippen molar-refractivity contribution in [3.8, 4) is 0 Å². The van der Waals surface area contributed by atoms with Crippen LogP contribution in [0, 0.1) is 11.8 Å². The first-order valence-corrected chi connectivity index (χ1v) is 11.5. The van der Waals surface area contributed by atoms with Gasteiger partial charge in [-0.3, -0.25) is 14.4 Å². The molecule has 0 aliphatic heterocycles. The molecule has 0 spiro atoms. The molecule has 0 radical (unpaired) electrons. The van der Waals surface area contributed by atoms with Crippen molar-refractivity contribution in [3.63, 3.8) is 0 Å². The number of ketones is 1. The van der Waals surface area contributed by atoms with Crippen LogP contribution in [0.2, 0.25) is 0 Å². The second kappa shape index (κ2) is 13.7. The van der Waals surface area contributed by atoms with Gasteiger partial charge in [-0.15, -0.1) is 0 Å². The average molecular weight is 395 g/mol. The number of carbonyl (C=O) groups excluding carboxylic acids is 3. The molecule has 0 N–H and O–H groups in total. The fraction of sp³-hybridized carbons (Fsp3) is 0.870. The Morgan fingerprint density at radius 3 is 1.39 bits per heavy atom. The van der Waals surface area contributed by atoms with Crippen molar-refractivity contribution in [2.75, 3.05) is 13.2 Å². The number of rotatable bonds is 12. The van der Waals surface area contributed by atoms with Gasteiger partial charge in [-0.1, -0.05) is 64.2 Å². The van der Waals surface area contributed by atoms with Crippen molar-refractivity contribution in [2.24, 2.45) is 11.8 Å². The van der Waals surface area contributed by atoms with Crippen LogP contribution in [-0.2, 0) is 23.9 Å². The largest absolute Gasteiger partial charge is 0.458 e. The van der Waals surface area contributed by atoms with Gasteiger partial charge in [-0.25, -0.2) is 0 Å². The topological polar surface area (TPSA) is 69.7 Å². The van der Waals surface area contributed by atoms with E-state index in [1.54, 1.807) is 0 Å². The average Bonchev–Trinajstić information content (AvgIpc) is 2.72. The highest BCUT2D eigenvalue weighted by molar-refractivity contribution is 5.85. The van der Waals surface area contributed by atoms with Crippen molar-refractivity contribution in [1.29, 1.82) is 0 Å². The molecule has 0 atom stereocenters. The Morgan fingerprint density at radius 1 is 0.607 bits per heavy atom. The van der Waals surface area contributed by atoms with Crippen molar-refractivity contribution in [1.82, 2.24) is 0 Å². The van der Waals surface area contributed by atoms with E-state index in [0.717, 1.165) is 37.5 Å². The van der Waals surface area contributed by atoms with Crippen molar-refractivity contribution in [2.45, 2.75) is 103 Å². The Bertz CT molecular complexity index is 433. The first-order chi connectivity index (χ1) is 13.6. The lowest BCUT2D eigenvalue weighted by Crippen LogP contribution is -2.20. The summed E-state index contributed by atoms with van der Waals surface area (Å²) in [5.74, 6) is 0.480. The molecule has 5 nitrogen and oxygen atoms in total. The molecule has 0 amide bonds. The van der Waals surface area contributed by atoms with E-state index in [1.807, 2.05) is 0 Å². The number of esters is 2. The molecule has 2 rings (SSSR count). The molecule has 2 saturated carbocycles. The maximum absolute atomic E-state index is 11.7. The van der Waals surface area contributed by atoms with Gasteiger partial charge in [0.1, 0.15) is 0 Å². The maximum Gasteiger partial charge on any atom is 0.306 e. The van der Waals surface area contributed by atoms with E-state index in [4.69, 9.17) is 9.47 Å². The summed E-state index contributed by atoms with van der Waals surface area (Å²) >= 11 is 0. The SMILES string of the molecule is O=C(COC(=O)CCCC1CCCCC1)COC(=O)CCCC1CCCCC1. The number of hydrogen-bond acceptors (Lipinski definition) is 5. The van der Waals surface area contributed by atoms with Gasteiger partial charge in [-0.05, 0) is 37.5 Å². The molecular weight excluding hydrogens is 356 g/mol. The van der Waals surface area contributed by atoms with Gasteiger partial charge in [0.2, 0.25) is 5.78 Å². The van der Waals surface area contributed by atoms with E-state index in [2.05, 4.69) is 0 Å². The Kier molecular flexibility index (Phi) is 11.2. The van der Waals surface area contributed by atoms with Crippen LogP contribution in [0.25, 0.3) is 0 Å². The van der Waals surface area contributed by atoms with E-state index >= 15 is 0 Å². The predicted octanol–water partition coefficient (Wildman–Crippen LogP) is 5.14. The van der Waals surface area contributed by atoms with Crippen molar-refractivity contribution in [3.05, 3.63) is 0 Å². The molecule has 0 heterocycles. The van der Waals surface area contributed by atoms with E-state index in [0.29, 0.717) is 12.8 Å². The number of ether oxygens (including phenoxy) is 2. The molecule has 0 bridgehead atoms. The molecular formula is C23H38O5. The summed E-state index contributed by atoms with van der Waals surface area (Å²) in [6, 6.07) is 0. The predicted molar refractivity (Wildman–Crippen MR) is 108 cm³/mol. The summed E-state index contributed by atoms with van der Waals surface area (Å²) in [5.41, 5.74) is 0. The highest BCUT2D eigenvalue weighted by Gasteiger charge is 2.16. The van der Waals surface area contributed by atoms with Crippen LogP contribution in [0.3, 0.4) is 0 Å². The molecule has 0 saturated heterocycles. The lowest BCUT2D eigenvalue weighted by molar-refractivity contribution is -0.153. The number of Topliss-reactive ketones (excluding diaryl/α,β-unsaturated/α-hetero) is 1. The van der Waals surface area contributed by atoms with Gasteiger partial charge < -0.3 is 9.47 Å². The molecule has 160 valence electrons. The quantitative estimate of drug-likeness (QED) is 0.429. The zero-order valence-corrected chi connectivity index (χ0v) is 17.4. The lowest BCUT2D eigenvalue weighted by atomic mass is 9.86. The zero-order valence-electron chi connectivity index (χ0n) is 17.4. The summed E-state index contributed by atoms with van der Waals surface area (Å²) in [5, 5.41) is 0. The minimum atomic E-state index is -0.360. The molecule has 5 heteroatoms. The summed E-state index contributed by atoms with van der Waals surface area (Å²) in [7, 11) is 0. The van der Waals surface area contributed by atoms with E-state index in [1.165, 1.54) is 64.2 Å². The first-order valence-electron chi connectivity index (χ1n) is 11.5. The van der Waals surface area contributed by atoms with Crippen LogP contribution < -0.4 is 0 Å². The fourth-order valence-electron chi connectivity index (χ4n) is 4.53. The Morgan fingerprint density at radius 2 is 1.00 bits per heavy atom. The van der Waals surface area contributed by atoms with Crippen LogP contribution in [-0.4, -0.2) is 30.9 Å². The van der Waals surface area contributed by atoms with Gasteiger partial charge >= 0.3 is 11.9 Å². The van der Waals surface area contributed by atoms with Gasteiger partial charge in [0.15, 0.2) is 13.2 Å². The smallest absolute Gasteiger partial charge is 0.306 e. The molecule has 0 aromatic carbocycles. The third kappa shape index (κ3) is 10.2. The Balaban J connectivity index is 1.43. The molecule has 0 aromatic heterocycles. The standard InChI is InChI=1S/C23H38O5/c24-21(17-27-22(25)15-7-13-19-9-3-1-4-10-19)18-28-23(26)16-8-14-20-11-5-2-6-12-20/h19-20H,1-18H2. The van der Waals surface area contributed by atoms with Crippen LogP contribution in [0.1, 0.15) is 103 Å². The summed E-state index contributed by atoms with van der Waals surface area (Å²) < 4.78 is 10.0. The number of carbonyl (C=O) groups is 3. The summed E-state index contributed by atoms with van der Waals surface area (Å²) in [4.78, 5) is 35.2. The Labute approximate surface area is 169 Å². The molecule has 0 aromatic rings. The molecule has 28 heavy (non-hydrogen) atoms. The highest BCUT2D eigenvalue weighted by atomic mass is 16.6. The van der Waals surface area contributed by atoms with Gasteiger partial charge in [0, 0.05) is 12.8 Å². The lowest BCUT2D eigenvalue weighted by Gasteiger charge is -2.21. The van der Waals surface area contributed by atoms with Gasteiger partial charge in [0.05, 0.1) is 0 Å². The van der Waals surface area contributed by atoms with Crippen molar-refractivity contribution >= 4 is 17.7 Å². The monoisotopic (exact) mass is 394 g/mol. The highest BCUT2D eigenvalue weighted by Crippen LogP contribution is 2.28. The second-order valence-corrected chi connectivity index (χ2v) is 8.65. The number of hydrogen-bond donors (Lipinski definition) is 0. The minimum Gasteiger partial charge on any atom is -0.458 e. The van der Waals surface area contributed by atoms with Crippen molar-refractivity contribution < 1.29 is 23.9 Å². The Hall–Kier alpha value is -1.39. The fourth-order valence-corrected chi connectivity index (χ4v) is 4.53. The maximum atomic E-state index is 11.7. The zero-order chi connectivity index (χ0) is 20.0. The van der Waals surface area contributed by atoms with Gasteiger partial charge in [-0.2, -0.15) is 0 Å². The third-order valence-electron chi connectivity index (χ3n) is 6.22. The van der Waals surface area contributed by atoms with E-state index < -0.39 is 0 Å². The second-order valence-electron chi connectivity index (χ2n) is 8.65. The summed E-state index contributed by atoms with van der Waals surface area (Å²) in [6.45, 7) is -0.588. The van der Waals surface area contributed by atoms with Crippen LogP contribution in [0.5, 0.6) is 0 Å². The molecule has 2 aliphatic carbocycles. The third-order valence-corrected chi connectivity index (χ3v) is 6.22. The first kappa shape index (κ1) is 22.9. The van der Waals surface area contributed by atoms with Crippen LogP contribution >= 0.6 is 0 Å². The van der Waals surface area contributed by atoms with E-state index in [9.17, 15) is 14.4 Å². The van der Waals surface area contributed by atoms with E-state index in [-0.39, 0.29) is 30.9 Å². The summed E-state index contributed by atoms with van der Waals surface area (Å²) in [6.07, 6.45) is 17.5. The van der Waals surface area contributed by atoms with Gasteiger partial charge in [0.25, 0.3) is 0 Å². The normalized spacial score (nSPS) is 18.6. The molecule has 2 aliphatic rings. The van der Waals surface area contributed by atoms with Crippen LogP contribution in [0.15, 0.2) is 0 Å². The minimum absolute atomic E-state index is 0.294.